The molecule has 0 saturated carbocycles. The number of alkyl halides is 3. The third-order valence-electron chi connectivity index (χ3n) is 2.49. The zero-order valence-electron chi connectivity index (χ0n) is 10.8. The molecular formula is C12H12F3N3OS. The van der Waals surface area contributed by atoms with Gasteiger partial charge in [0.25, 0.3) is 11.7 Å². The van der Waals surface area contributed by atoms with Crippen molar-refractivity contribution >= 4 is 11.9 Å². The third kappa shape index (κ3) is 3.51. The van der Waals surface area contributed by atoms with Crippen LogP contribution in [0.4, 0.5) is 13.2 Å². The van der Waals surface area contributed by atoms with E-state index in [4.69, 9.17) is 0 Å². The van der Waals surface area contributed by atoms with Gasteiger partial charge in [0.2, 0.25) is 0 Å². The summed E-state index contributed by atoms with van der Waals surface area (Å²) >= 11 is 1.54. The molecule has 1 heterocycles. The Bertz CT molecular complexity index is 568. The normalized spacial score (nSPS) is 12.1. The predicted octanol–water partition coefficient (Wildman–Crippen LogP) is 3.71. The van der Waals surface area contributed by atoms with Crippen LogP contribution in [0.3, 0.4) is 0 Å². The average Bonchev–Trinajstić information content (AvgIpc) is 2.89. The fraction of sp³-hybridized carbons (Fsp3) is 0.333. The number of hydrogen-bond acceptors (Lipinski definition) is 5. The lowest BCUT2D eigenvalue weighted by Gasteiger charge is -2.12. The molecule has 0 spiro atoms. The first-order valence-corrected chi connectivity index (χ1v) is 6.58. The zero-order chi connectivity index (χ0) is 14.8. The first-order valence-electron chi connectivity index (χ1n) is 5.80. The molecule has 20 heavy (non-hydrogen) atoms. The summed E-state index contributed by atoms with van der Waals surface area (Å²) in [6.45, 7) is 2.91. The Morgan fingerprint density at radius 2 is 1.90 bits per heavy atom. The van der Waals surface area contributed by atoms with E-state index in [9.17, 15) is 13.2 Å². The number of halogens is 3. The summed E-state index contributed by atoms with van der Waals surface area (Å²) < 4.78 is 43.8. The van der Waals surface area contributed by atoms with Crippen molar-refractivity contribution in [3.05, 3.63) is 30.1 Å². The lowest BCUT2D eigenvalue weighted by Crippen LogP contribution is -2.07. The fourth-order valence-electron chi connectivity index (χ4n) is 1.36. The van der Waals surface area contributed by atoms with Gasteiger partial charge in [-0.3, -0.25) is 0 Å². The first kappa shape index (κ1) is 14.9. The van der Waals surface area contributed by atoms with E-state index in [1.54, 1.807) is 36.2 Å². The van der Waals surface area contributed by atoms with Crippen molar-refractivity contribution in [3.63, 3.8) is 0 Å². The molecule has 0 amide bonds. The summed E-state index contributed by atoms with van der Waals surface area (Å²) in [5.74, 6) is -1.41. The maximum atomic E-state index is 12.4. The van der Waals surface area contributed by atoms with E-state index in [0.29, 0.717) is 5.56 Å². The van der Waals surface area contributed by atoms with Gasteiger partial charge in [-0.05, 0) is 43.3 Å². The summed E-state index contributed by atoms with van der Waals surface area (Å²) in [6, 6.07) is 6.90. The Hall–Kier alpha value is -1.54. The standard InChI is InChI=1S/C12H12F3N3OS/c1-3-18(2)20-9-6-4-8(5-7-9)10-16-11(17-19-10)12(13,14)15/h4-7H,3H2,1-2H3. The average molecular weight is 303 g/mol. The molecule has 4 nitrogen and oxygen atoms in total. The molecule has 1 aromatic heterocycles. The van der Waals surface area contributed by atoms with Crippen molar-refractivity contribution in [2.45, 2.75) is 18.0 Å². The number of hydrogen-bond donors (Lipinski definition) is 0. The van der Waals surface area contributed by atoms with E-state index >= 15 is 0 Å². The van der Waals surface area contributed by atoms with Gasteiger partial charge in [-0.15, -0.1) is 0 Å². The van der Waals surface area contributed by atoms with Crippen LogP contribution in [0, 0.1) is 0 Å². The molecule has 1 aromatic carbocycles. The van der Waals surface area contributed by atoms with Crippen LogP contribution in [0.15, 0.2) is 33.7 Å². The Kier molecular flexibility index (Phi) is 4.34. The van der Waals surface area contributed by atoms with Crippen LogP contribution < -0.4 is 0 Å². The highest BCUT2D eigenvalue weighted by molar-refractivity contribution is 7.97. The summed E-state index contributed by atoms with van der Waals surface area (Å²) in [7, 11) is 1.95. The van der Waals surface area contributed by atoms with Crippen LogP contribution in [0.1, 0.15) is 12.7 Å². The number of aromatic nitrogens is 2. The van der Waals surface area contributed by atoms with Gasteiger partial charge in [-0.25, -0.2) is 4.31 Å². The Morgan fingerprint density at radius 3 is 2.40 bits per heavy atom. The van der Waals surface area contributed by atoms with Gasteiger partial charge in [0, 0.05) is 17.0 Å². The quantitative estimate of drug-likeness (QED) is 0.805. The van der Waals surface area contributed by atoms with Gasteiger partial charge in [-0.2, -0.15) is 18.2 Å². The van der Waals surface area contributed by atoms with Crippen molar-refractivity contribution in [1.82, 2.24) is 14.4 Å². The smallest absolute Gasteiger partial charge is 0.334 e. The predicted molar refractivity (Wildman–Crippen MR) is 68.9 cm³/mol. The van der Waals surface area contributed by atoms with Crippen molar-refractivity contribution in [1.29, 1.82) is 0 Å². The molecule has 2 aromatic rings. The van der Waals surface area contributed by atoms with Gasteiger partial charge >= 0.3 is 6.18 Å². The largest absolute Gasteiger partial charge is 0.455 e. The Labute approximate surface area is 118 Å². The van der Waals surface area contributed by atoms with Crippen molar-refractivity contribution in [2.75, 3.05) is 13.6 Å². The lowest BCUT2D eigenvalue weighted by atomic mass is 10.2. The number of benzene rings is 1. The number of rotatable bonds is 4. The third-order valence-corrected chi connectivity index (χ3v) is 3.54. The monoisotopic (exact) mass is 303 g/mol. The minimum absolute atomic E-state index is 0.141. The molecule has 108 valence electrons. The highest BCUT2D eigenvalue weighted by atomic mass is 32.2. The fourth-order valence-corrected chi connectivity index (χ4v) is 2.11. The lowest BCUT2D eigenvalue weighted by molar-refractivity contribution is -0.146. The molecule has 2 rings (SSSR count). The van der Waals surface area contributed by atoms with Crippen LogP contribution in [0.5, 0.6) is 0 Å². The van der Waals surface area contributed by atoms with E-state index < -0.39 is 12.0 Å². The SMILES string of the molecule is CCN(C)Sc1ccc(-c2nc(C(F)(F)F)no2)cc1. The minimum Gasteiger partial charge on any atom is -0.334 e. The minimum atomic E-state index is -4.60. The second kappa shape index (κ2) is 5.84. The molecule has 0 aliphatic carbocycles. The second-order valence-electron chi connectivity index (χ2n) is 3.98. The van der Waals surface area contributed by atoms with Crippen LogP contribution in [-0.4, -0.2) is 28.0 Å². The maximum Gasteiger partial charge on any atom is 0.455 e. The van der Waals surface area contributed by atoms with E-state index in [0.717, 1.165) is 11.4 Å². The zero-order valence-corrected chi connectivity index (χ0v) is 11.6. The van der Waals surface area contributed by atoms with E-state index in [1.165, 1.54) is 0 Å². The van der Waals surface area contributed by atoms with E-state index in [2.05, 4.69) is 14.7 Å². The molecule has 0 atom stereocenters. The van der Waals surface area contributed by atoms with Crippen molar-refractivity contribution in [3.8, 4) is 11.5 Å². The highest BCUT2D eigenvalue weighted by Crippen LogP contribution is 2.29. The number of nitrogens with zero attached hydrogens (tertiary/aromatic N) is 3. The van der Waals surface area contributed by atoms with Gasteiger partial charge in [0.1, 0.15) is 0 Å². The molecule has 0 radical (unpaired) electrons. The van der Waals surface area contributed by atoms with E-state index in [1.807, 2.05) is 18.3 Å². The van der Waals surface area contributed by atoms with Crippen LogP contribution >= 0.6 is 11.9 Å². The van der Waals surface area contributed by atoms with Crippen LogP contribution in [-0.2, 0) is 6.18 Å². The topological polar surface area (TPSA) is 42.2 Å². The molecule has 0 unspecified atom stereocenters. The second-order valence-corrected chi connectivity index (χ2v) is 5.26. The van der Waals surface area contributed by atoms with Crippen molar-refractivity contribution in [2.24, 2.45) is 0 Å². The summed E-state index contributed by atoms with van der Waals surface area (Å²) in [6.07, 6.45) is -4.60. The van der Waals surface area contributed by atoms with Crippen LogP contribution in [0.2, 0.25) is 0 Å². The summed E-state index contributed by atoms with van der Waals surface area (Å²) in [4.78, 5) is 4.32. The molecular weight excluding hydrogens is 291 g/mol. The Morgan fingerprint density at radius 1 is 1.25 bits per heavy atom. The van der Waals surface area contributed by atoms with Crippen molar-refractivity contribution < 1.29 is 17.7 Å². The molecule has 0 saturated heterocycles. The molecule has 0 N–H and O–H groups in total. The van der Waals surface area contributed by atoms with Gasteiger partial charge in [0.05, 0.1) is 0 Å². The summed E-state index contributed by atoms with van der Waals surface area (Å²) in [5.41, 5.74) is 0.455. The maximum absolute atomic E-state index is 12.4. The molecule has 0 aliphatic rings. The molecule has 0 fully saturated rings. The van der Waals surface area contributed by atoms with Gasteiger partial charge in [-0.1, -0.05) is 12.1 Å². The van der Waals surface area contributed by atoms with Gasteiger partial charge < -0.3 is 4.52 Å². The molecule has 8 heteroatoms. The molecule has 0 bridgehead atoms. The summed E-state index contributed by atoms with van der Waals surface area (Å²) in [5, 5.41) is 2.92. The Balaban J connectivity index is 2.16. The molecule has 0 aliphatic heterocycles. The van der Waals surface area contributed by atoms with Gasteiger partial charge in [0.15, 0.2) is 0 Å². The first-order chi connectivity index (χ1) is 9.40. The van der Waals surface area contributed by atoms with E-state index in [-0.39, 0.29) is 5.89 Å². The van der Waals surface area contributed by atoms with Crippen LogP contribution in [0.25, 0.3) is 11.5 Å². The highest BCUT2D eigenvalue weighted by Gasteiger charge is 2.37.